The molecule has 3 nitrogen and oxygen atoms in total. The van der Waals surface area contributed by atoms with E-state index in [-0.39, 0.29) is 10.9 Å². The summed E-state index contributed by atoms with van der Waals surface area (Å²) >= 11 is 5.48. The van der Waals surface area contributed by atoms with Crippen LogP contribution in [0.1, 0.15) is 0 Å². The van der Waals surface area contributed by atoms with Crippen LogP contribution in [0.2, 0.25) is 0 Å². The molecule has 0 radical (unpaired) electrons. The summed E-state index contributed by atoms with van der Waals surface area (Å²) in [6, 6.07) is 0. The summed E-state index contributed by atoms with van der Waals surface area (Å²) in [5, 5.41) is 9.92. The number of methoxy groups -OCH3 is 1. The second kappa shape index (κ2) is 4.21. The molecule has 0 aromatic rings. The van der Waals surface area contributed by atoms with Crippen molar-refractivity contribution < 1.29 is 4.74 Å². The van der Waals surface area contributed by atoms with Gasteiger partial charge in [0.15, 0.2) is 0 Å². The van der Waals surface area contributed by atoms with Crippen LogP contribution in [-0.2, 0) is 4.74 Å². The molecule has 52 valence electrons. The smallest absolute Gasteiger partial charge is 0.226 e. The highest BCUT2D eigenvalue weighted by molar-refractivity contribution is 6.41. The Morgan fingerprint density at radius 2 is 2.33 bits per heavy atom. The van der Waals surface area contributed by atoms with Gasteiger partial charge >= 0.3 is 0 Å². The molecule has 0 unspecified atom stereocenters. The Hall–Kier alpha value is -0.700. The maximum Gasteiger partial charge on any atom is 0.226 e. The Labute approximate surface area is 59.2 Å². The van der Waals surface area contributed by atoms with Gasteiger partial charge in [0.2, 0.25) is 5.90 Å². The molecule has 2 N–H and O–H groups in total. The van der Waals surface area contributed by atoms with Crippen LogP contribution in [-0.4, -0.2) is 20.1 Å². The minimum absolute atomic E-state index is 0.0361. The number of hydrogen-bond donors (Lipinski definition) is 2. The van der Waals surface area contributed by atoms with Crippen molar-refractivity contribution in [1.82, 2.24) is 5.32 Å². The molecule has 9 heavy (non-hydrogen) atoms. The highest BCUT2D eigenvalue weighted by Gasteiger charge is 1.97. The molecule has 0 aliphatic rings. The van der Waals surface area contributed by atoms with E-state index in [2.05, 4.69) is 10.1 Å². The third-order valence-electron chi connectivity index (χ3n) is 0.692. The first-order valence-electron chi connectivity index (χ1n) is 2.38. The van der Waals surface area contributed by atoms with Crippen LogP contribution < -0.4 is 5.32 Å². The first kappa shape index (κ1) is 8.30. The van der Waals surface area contributed by atoms with Crippen LogP contribution >= 0.6 is 11.6 Å². The molecule has 0 saturated carbocycles. The van der Waals surface area contributed by atoms with Gasteiger partial charge in [0, 0.05) is 13.2 Å². The standard InChI is InChI=1S/C5H9ClN2O/c1-8-3-4(6)5(7)9-2/h3,7-8H,1-2H3/b4-3+,7-5?. The second-order valence-electron chi connectivity index (χ2n) is 1.31. The minimum atomic E-state index is -0.0361. The van der Waals surface area contributed by atoms with Gasteiger partial charge < -0.3 is 10.1 Å². The molecule has 0 aliphatic heterocycles. The summed E-state index contributed by atoms with van der Waals surface area (Å²) in [4.78, 5) is 0. The van der Waals surface area contributed by atoms with E-state index in [0.29, 0.717) is 0 Å². The molecule has 4 heteroatoms. The van der Waals surface area contributed by atoms with Gasteiger partial charge in [0.1, 0.15) is 5.03 Å². The van der Waals surface area contributed by atoms with Crippen LogP contribution in [0.25, 0.3) is 0 Å². The topological polar surface area (TPSA) is 45.1 Å². The van der Waals surface area contributed by atoms with Crippen molar-refractivity contribution in [1.29, 1.82) is 5.41 Å². The SMILES string of the molecule is CN/C=C(/Cl)C(=N)OC. The normalized spacial score (nSPS) is 10.8. The average molecular weight is 149 g/mol. The maximum absolute atomic E-state index is 6.98. The van der Waals surface area contributed by atoms with Gasteiger partial charge in [-0.25, -0.2) is 0 Å². The number of nitrogens with one attached hydrogen (secondary N) is 2. The molecule has 0 heterocycles. The monoisotopic (exact) mass is 148 g/mol. The van der Waals surface area contributed by atoms with E-state index in [4.69, 9.17) is 17.0 Å². The summed E-state index contributed by atoms with van der Waals surface area (Å²) in [6.07, 6.45) is 1.48. The van der Waals surface area contributed by atoms with E-state index in [0.717, 1.165) is 0 Å². The van der Waals surface area contributed by atoms with Crippen molar-refractivity contribution in [2.45, 2.75) is 0 Å². The number of rotatable bonds is 2. The minimum Gasteiger partial charge on any atom is -0.480 e. The van der Waals surface area contributed by atoms with Crippen molar-refractivity contribution in [3.05, 3.63) is 11.2 Å². The fourth-order valence-electron chi connectivity index (χ4n) is 0.290. The van der Waals surface area contributed by atoms with E-state index in [1.165, 1.54) is 13.3 Å². The Kier molecular flexibility index (Phi) is 3.88. The summed E-state index contributed by atoms with van der Waals surface area (Å²) in [7, 11) is 3.10. The molecule has 0 aromatic carbocycles. The third-order valence-corrected chi connectivity index (χ3v) is 0.973. The molecule has 0 spiro atoms. The van der Waals surface area contributed by atoms with Gasteiger partial charge in [-0.15, -0.1) is 0 Å². The number of halogens is 1. The Bertz CT molecular complexity index is 133. The van der Waals surface area contributed by atoms with E-state index in [1.807, 2.05) is 0 Å². The molecule has 0 aliphatic carbocycles. The summed E-state index contributed by atoms with van der Waals surface area (Å²) in [5.41, 5.74) is 0. The van der Waals surface area contributed by atoms with Gasteiger partial charge in [-0.05, 0) is 0 Å². The molecular formula is C5H9ClN2O. The van der Waals surface area contributed by atoms with Gasteiger partial charge in [0.05, 0.1) is 7.11 Å². The molecule has 0 bridgehead atoms. The Balaban J connectivity index is 3.86. The Morgan fingerprint density at radius 1 is 1.78 bits per heavy atom. The maximum atomic E-state index is 6.98. The largest absolute Gasteiger partial charge is 0.480 e. The lowest BCUT2D eigenvalue weighted by Gasteiger charge is -1.97. The van der Waals surface area contributed by atoms with Gasteiger partial charge in [-0.3, -0.25) is 5.41 Å². The van der Waals surface area contributed by atoms with Crippen LogP contribution in [0, 0.1) is 5.41 Å². The molecule has 0 rings (SSSR count). The molecule has 0 amide bonds. The lowest BCUT2D eigenvalue weighted by molar-refractivity contribution is 0.402. The first-order valence-corrected chi connectivity index (χ1v) is 2.76. The second-order valence-corrected chi connectivity index (χ2v) is 1.72. The fraction of sp³-hybridized carbons (Fsp3) is 0.400. The van der Waals surface area contributed by atoms with Crippen molar-refractivity contribution in [2.24, 2.45) is 0 Å². The Morgan fingerprint density at radius 3 is 2.67 bits per heavy atom. The van der Waals surface area contributed by atoms with E-state index in [1.54, 1.807) is 7.05 Å². The highest BCUT2D eigenvalue weighted by Crippen LogP contribution is 2.00. The quantitative estimate of drug-likeness (QED) is 0.452. The average Bonchev–Trinajstić information content (AvgIpc) is 1.87. The predicted molar refractivity (Wildman–Crippen MR) is 37.7 cm³/mol. The zero-order valence-electron chi connectivity index (χ0n) is 5.36. The third kappa shape index (κ3) is 2.98. The number of ether oxygens (including phenoxy) is 1. The van der Waals surface area contributed by atoms with Crippen LogP contribution in [0.3, 0.4) is 0 Å². The lowest BCUT2D eigenvalue weighted by atomic mass is 10.6. The lowest BCUT2D eigenvalue weighted by Crippen LogP contribution is -2.03. The van der Waals surface area contributed by atoms with Crippen LogP contribution in [0.5, 0.6) is 0 Å². The molecule has 0 aromatic heterocycles. The fourth-order valence-corrected chi connectivity index (χ4v) is 0.476. The number of hydrogen-bond acceptors (Lipinski definition) is 3. The van der Waals surface area contributed by atoms with E-state index < -0.39 is 0 Å². The first-order chi connectivity index (χ1) is 4.22. The molecular weight excluding hydrogens is 140 g/mol. The summed E-state index contributed by atoms with van der Waals surface area (Å²) < 4.78 is 4.51. The van der Waals surface area contributed by atoms with Crippen LogP contribution in [0.15, 0.2) is 11.2 Å². The molecule has 0 fully saturated rings. The molecule has 0 atom stereocenters. The van der Waals surface area contributed by atoms with E-state index in [9.17, 15) is 0 Å². The van der Waals surface area contributed by atoms with E-state index >= 15 is 0 Å². The zero-order chi connectivity index (χ0) is 7.28. The highest BCUT2D eigenvalue weighted by atomic mass is 35.5. The van der Waals surface area contributed by atoms with Crippen molar-refractivity contribution in [3.63, 3.8) is 0 Å². The predicted octanol–water partition coefficient (Wildman–Crippen LogP) is 0.910. The van der Waals surface area contributed by atoms with Crippen molar-refractivity contribution in [2.75, 3.05) is 14.2 Å². The van der Waals surface area contributed by atoms with Gasteiger partial charge in [0.25, 0.3) is 0 Å². The summed E-state index contributed by atoms with van der Waals surface area (Å²) in [5.74, 6) is -0.0361. The van der Waals surface area contributed by atoms with Gasteiger partial charge in [-0.1, -0.05) is 11.6 Å². The molecule has 0 saturated heterocycles. The van der Waals surface area contributed by atoms with Gasteiger partial charge in [-0.2, -0.15) is 0 Å². The van der Waals surface area contributed by atoms with Crippen molar-refractivity contribution >= 4 is 17.5 Å². The zero-order valence-corrected chi connectivity index (χ0v) is 6.12. The van der Waals surface area contributed by atoms with Crippen LogP contribution in [0.4, 0.5) is 0 Å². The van der Waals surface area contributed by atoms with Crippen molar-refractivity contribution in [3.8, 4) is 0 Å². The summed E-state index contributed by atoms with van der Waals surface area (Å²) in [6.45, 7) is 0.